The van der Waals surface area contributed by atoms with Crippen LogP contribution in [0.3, 0.4) is 0 Å². The summed E-state index contributed by atoms with van der Waals surface area (Å²) in [7, 11) is 5.64. The van der Waals surface area contributed by atoms with Gasteiger partial charge in [0, 0.05) is 51.6 Å². The third kappa shape index (κ3) is 8.50. The van der Waals surface area contributed by atoms with Gasteiger partial charge in [0.2, 0.25) is 24.4 Å². The van der Waals surface area contributed by atoms with E-state index in [1.54, 1.807) is 12.0 Å². The van der Waals surface area contributed by atoms with E-state index < -0.39 is 23.8 Å². The number of carbonyl (C=O) groups excluding carboxylic acids is 2. The molecule has 236 valence electrons. The van der Waals surface area contributed by atoms with E-state index >= 15 is 0 Å². The number of methoxy groups -OCH3 is 1. The topological polar surface area (TPSA) is 112 Å². The van der Waals surface area contributed by atoms with Gasteiger partial charge < -0.3 is 34.0 Å². The molecule has 11 heteroatoms. The highest BCUT2D eigenvalue weighted by molar-refractivity contribution is 5.79. The number of ether oxygens (including phenoxy) is 3. The van der Waals surface area contributed by atoms with Crippen molar-refractivity contribution >= 4 is 17.8 Å². The van der Waals surface area contributed by atoms with Crippen molar-refractivity contribution in [1.82, 2.24) is 19.6 Å². The lowest BCUT2D eigenvalue weighted by Crippen LogP contribution is -2.46. The molecule has 1 saturated heterocycles. The Kier molecular flexibility index (Phi) is 12.7. The summed E-state index contributed by atoms with van der Waals surface area (Å²) in [6.45, 7) is 9.46. The Labute approximate surface area is 250 Å². The predicted octanol–water partition coefficient (Wildman–Crippen LogP) is 3.12. The van der Waals surface area contributed by atoms with E-state index in [-0.39, 0.29) is 25.2 Å². The van der Waals surface area contributed by atoms with Crippen LogP contribution in [0.5, 0.6) is 17.2 Å². The Balaban J connectivity index is 1.89. The molecule has 0 saturated carbocycles. The highest BCUT2D eigenvalue weighted by atomic mass is 16.7. The minimum Gasteiger partial charge on any atom is -0.493 e. The van der Waals surface area contributed by atoms with E-state index in [1.165, 1.54) is 6.92 Å². The van der Waals surface area contributed by atoms with E-state index in [0.717, 1.165) is 37.8 Å². The summed E-state index contributed by atoms with van der Waals surface area (Å²) in [6.07, 6.45) is 4.28. The highest BCUT2D eigenvalue weighted by Crippen LogP contribution is 2.47. The zero-order valence-corrected chi connectivity index (χ0v) is 26.3. The molecule has 0 radical (unpaired) electrons. The molecule has 2 aliphatic rings. The Bertz CT molecular complexity index is 1070. The second-order valence-corrected chi connectivity index (χ2v) is 11.6. The summed E-state index contributed by atoms with van der Waals surface area (Å²) < 4.78 is 16.7. The number of benzene rings is 1. The minimum atomic E-state index is -0.922. The summed E-state index contributed by atoms with van der Waals surface area (Å²) in [4.78, 5) is 46.6. The van der Waals surface area contributed by atoms with Gasteiger partial charge in [-0.1, -0.05) is 13.3 Å². The SMILES string of the molecule is CCCCN(CCCCN(C)C)C(=O)CN1CC(c2cc(OC)c3c(c2)OCO3)C(C(=O)O)C1CCN(CC)C(C)=O. The fourth-order valence-corrected chi connectivity index (χ4v) is 6.10. The van der Waals surface area contributed by atoms with Crippen molar-refractivity contribution < 1.29 is 33.7 Å². The van der Waals surface area contributed by atoms with Crippen LogP contribution in [0, 0.1) is 5.92 Å². The Hall–Kier alpha value is -3.05. The lowest BCUT2D eigenvalue weighted by Gasteiger charge is -2.31. The fourth-order valence-electron chi connectivity index (χ4n) is 6.10. The van der Waals surface area contributed by atoms with Crippen molar-refractivity contribution in [3.05, 3.63) is 17.7 Å². The van der Waals surface area contributed by atoms with Crippen LogP contribution in [-0.2, 0) is 14.4 Å². The molecule has 1 fully saturated rings. The number of likely N-dealkylation sites (tertiary alicyclic amines) is 1. The van der Waals surface area contributed by atoms with E-state index in [4.69, 9.17) is 14.2 Å². The number of carbonyl (C=O) groups is 3. The van der Waals surface area contributed by atoms with Gasteiger partial charge in [-0.25, -0.2) is 0 Å². The maximum atomic E-state index is 13.8. The molecule has 2 heterocycles. The monoisotopic (exact) mass is 590 g/mol. The number of hydrogen-bond acceptors (Lipinski definition) is 8. The molecule has 2 amide bonds. The van der Waals surface area contributed by atoms with Crippen LogP contribution >= 0.6 is 0 Å². The number of carboxylic acids is 1. The van der Waals surface area contributed by atoms with E-state index in [0.29, 0.717) is 56.4 Å². The number of unbranched alkanes of at least 4 members (excludes halogenated alkanes) is 2. The molecule has 3 atom stereocenters. The number of fused-ring (bicyclic) bond motifs is 1. The smallest absolute Gasteiger partial charge is 0.308 e. The molecule has 0 aromatic heterocycles. The third-order valence-electron chi connectivity index (χ3n) is 8.42. The van der Waals surface area contributed by atoms with Crippen LogP contribution < -0.4 is 14.2 Å². The van der Waals surface area contributed by atoms with Gasteiger partial charge in [0.1, 0.15) is 0 Å². The summed E-state index contributed by atoms with van der Waals surface area (Å²) >= 11 is 0. The number of hydrogen-bond donors (Lipinski definition) is 1. The van der Waals surface area contributed by atoms with Crippen LogP contribution in [0.1, 0.15) is 64.4 Å². The average Bonchev–Trinajstić information content (AvgIpc) is 3.57. The van der Waals surface area contributed by atoms with Gasteiger partial charge >= 0.3 is 5.97 Å². The number of aliphatic carboxylic acids is 1. The van der Waals surface area contributed by atoms with E-state index in [1.807, 2.05) is 43.0 Å². The number of amides is 2. The van der Waals surface area contributed by atoms with Crippen LogP contribution in [0.4, 0.5) is 0 Å². The number of nitrogens with zero attached hydrogens (tertiary/aromatic N) is 4. The molecule has 0 aliphatic carbocycles. The molecular weight excluding hydrogens is 540 g/mol. The predicted molar refractivity (Wildman–Crippen MR) is 160 cm³/mol. The Morgan fingerprint density at radius 3 is 2.36 bits per heavy atom. The molecule has 42 heavy (non-hydrogen) atoms. The molecule has 11 nitrogen and oxygen atoms in total. The van der Waals surface area contributed by atoms with E-state index in [2.05, 4.69) is 11.8 Å². The highest BCUT2D eigenvalue weighted by Gasteiger charge is 2.47. The first-order valence-corrected chi connectivity index (χ1v) is 15.2. The third-order valence-corrected chi connectivity index (χ3v) is 8.42. The molecule has 1 aromatic carbocycles. The lowest BCUT2D eigenvalue weighted by molar-refractivity contribution is -0.144. The van der Waals surface area contributed by atoms with Gasteiger partial charge in [0.15, 0.2) is 11.5 Å². The largest absolute Gasteiger partial charge is 0.493 e. The van der Waals surface area contributed by atoms with Gasteiger partial charge in [0.05, 0.1) is 19.6 Å². The first-order valence-electron chi connectivity index (χ1n) is 15.2. The Morgan fingerprint density at radius 1 is 1.02 bits per heavy atom. The van der Waals surface area contributed by atoms with Crippen molar-refractivity contribution in [3.63, 3.8) is 0 Å². The Morgan fingerprint density at radius 2 is 1.74 bits per heavy atom. The van der Waals surface area contributed by atoms with Crippen LogP contribution in [0.25, 0.3) is 0 Å². The normalized spacial score (nSPS) is 19.7. The molecule has 0 bridgehead atoms. The van der Waals surface area contributed by atoms with Gasteiger partial charge in [-0.15, -0.1) is 0 Å². The second kappa shape index (κ2) is 16.0. The van der Waals surface area contributed by atoms with Crippen LogP contribution in [-0.4, -0.2) is 122 Å². The molecule has 2 aliphatic heterocycles. The summed E-state index contributed by atoms with van der Waals surface area (Å²) in [6, 6.07) is 3.23. The van der Waals surface area contributed by atoms with Gasteiger partial charge in [-0.2, -0.15) is 0 Å². The summed E-state index contributed by atoms with van der Waals surface area (Å²) in [5.41, 5.74) is 0.772. The lowest BCUT2D eigenvalue weighted by atomic mass is 9.84. The molecule has 3 unspecified atom stereocenters. The van der Waals surface area contributed by atoms with Gasteiger partial charge in [-0.3, -0.25) is 19.3 Å². The van der Waals surface area contributed by atoms with E-state index in [9.17, 15) is 19.5 Å². The van der Waals surface area contributed by atoms with Crippen molar-refractivity contribution in [2.75, 3.05) is 73.8 Å². The summed E-state index contributed by atoms with van der Waals surface area (Å²) in [5.74, 6) is -0.609. The average molecular weight is 591 g/mol. The molecule has 3 rings (SSSR count). The van der Waals surface area contributed by atoms with Gasteiger partial charge in [-0.05, 0) is 70.9 Å². The van der Waals surface area contributed by atoms with Crippen molar-refractivity contribution in [1.29, 1.82) is 0 Å². The van der Waals surface area contributed by atoms with Crippen LogP contribution in [0.15, 0.2) is 12.1 Å². The standard InChI is InChI=1S/C31H50N4O7/c1-7-9-14-34(15-11-10-13-32(4)5)28(37)20-35-19-24(23-17-26(40-6)30-27(18-23)41-21-42-30)29(31(38)39)25(35)12-16-33(8-2)22(3)36/h17-18,24-25,29H,7-16,19-21H2,1-6H3,(H,38,39). The molecule has 0 spiro atoms. The second-order valence-electron chi connectivity index (χ2n) is 11.6. The maximum absolute atomic E-state index is 13.8. The molecule has 1 N–H and O–H groups in total. The van der Waals surface area contributed by atoms with Crippen molar-refractivity contribution in [3.8, 4) is 17.2 Å². The zero-order valence-electron chi connectivity index (χ0n) is 26.3. The molecule has 1 aromatic rings. The minimum absolute atomic E-state index is 0.0188. The first kappa shape index (κ1) is 33.5. The molecular formula is C31H50N4O7. The maximum Gasteiger partial charge on any atom is 0.308 e. The van der Waals surface area contributed by atoms with Gasteiger partial charge in [0.25, 0.3) is 0 Å². The number of carboxylic acid groups (broad SMARTS) is 1. The van der Waals surface area contributed by atoms with Crippen molar-refractivity contribution in [2.24, 2.45) is 5.92 Å². The fraction of sp³-hybridized carbons (Fsp3) is 0.710. The summed E-state index contributed by atoms with van der Waals surface area (Å²) in [5, 5.41) is 10.5. The first-order chi connectivity index (χ1) is 20.1. The number of rotatable bonds is 17. The van der Waals surface area contributed by atoms with Crippen LogP contribution in [0.2, 0.25) is 0 Å². The van der Waals surface area contributed by atoms with Crippen molar-refractivity contribution in [2.45, 2.75) is 64.8 Å². The zero-order chi connectivity index (χ0) is 30.8. The quantitative estimate of drug-likeness (QED) is 0.274.